The van der Waals surface area contributed by atoms with Gasteiger partial charge in [-0.2, -0.15) is 0 Å². The molecular formula is C13H18NO+. The van der Waals surface area contributed by atoms with Crippen LogP contribution in [0.15, 0.2) is 12.1 Å². The first-order chi connectivity index (χ1) is 7.02. The maximum Gasteiger partial charge on any atom is 0.317 e. The molecule has 15 heavy (non-hydrogen) atoms. The number of carbonyl (C=O) groups is 1. The average Bonchev–Trinajstić information content (AvgIpc) is 2.18. The van der Waals surface area contributed by atoms with Crippen molar-refractivity contribution in [2.24, 2.45) is 0 Å². The Kier molecular flexibility index (Phi) is 2.39. The molecule has 0 spiro atoms. The van der Waals surface area contributed by atoms with Crippen LogP contribution in [0.4, 0.5) is 5.69 Å². The zero-order valence-corrected chi connectivity index (χ0v) is 9.85. The fourth-order valence-corrected chi connectivity index (χ4v) is 2.48. The van der Waals surface area contributed by atoms with E-state index in [-0.39, 0.29) is 0 Å². The van der Waals surface area contributed by atoms with Crippen molar-refractivity contribution < 1.29 is 9.69 Å². The fraction of sp³-hybridized carbons (Fsp3) is 0.462. The van der Waals surface area contributed by atoms with E-state index in [1.807, 2.05) is 7.05 Å². The van der Waals surface area contributed by atoms with Crippen molar-refractivity contribution in [3.05, 3.63) is 28.8 Å². The SMILES string of the molecule is Cc1ccc2c(c1C)C(C)CC(=O)[NH+]2C. The molecule has 0 saturated heterocycles. The van der Waals surface area contributed by atoms with Gasteiger partial charge in [-0.3, -0.25) is 0 Å². The van der Waals surface area contributed by atoms with Gasteiger partial charge in [0.05, 0.1) is 13.5 Å². The molecule has 0 radical (unpaired) electrons. The molecular weight excluding hydrogens is 186 g/mol. The molecule has 1 aromatic rings. The van der Waals surface area contributed by atoms with E-state index in [1.165, 1.54) is 22.4 Å². The first-order valence-corrected chi connectivity index (χ1v) is 5.49. The second-order valence-electron chi connectivity index (χ2n) is 4.62. The van der Waals surface area contributed by atoms with Crippen LogP contribution >= 0.6 is 0 Å². The Balaban J connectivity index is 2.65. The molecule has 1 aliphatic heterocycles. The quantitative estimate of drug-likeness (QED) is 0.679. The lowest BCUT2D eigenvalue weighted by Gasteiger charge is -2.26. The Labute approximate surface area is 90.9 Å². The molecule has 0 aliphatic carbocycles. The van der Waals surface area contributed by atoms with Gasteiger partial charge < -0.3 is 0 Å². The third-order valence-corrected chi connectivity index (χ3v) is 3.59. The molecule has 0 fully saturated rings. The molecule has 2 rings (SSSR count). The number of hydrogen-bond donors (Lipinski definition) is 1. The maximum absolute atomic E-state index is 11.7. The van der Waals surface area contributed by atoms with Crippen LogP contribution in [0.1, 0.15) is 36.0 Å². The summed E-state index contributed by atoms with van der Waals surface area (Å²) in [5.41, 5.74) is 5.23. The number of carbonyl (C=O) groups excluding carboxylic acids is 1. The summed E-state index contributed by atoms with van der Waals surface area (Å²) < 4.78 is 0. The highest BCUT2D eigenvalue weighted by Gasteiger charge is 2.32. The Hall–Kier alpha value is -1.15. The Morgan fingerprint density at radius 2 is 2.00 bits per heavy atom. The second-order valence-corrected chi connectivity index (χ2v) is 4.62. The average molecular weight is 204 g/mol. The van der Waals surface area contributed by atoms with Gasteiger partial charge in [0.15, 0.2) is 0 Å². The molecule has 0 bridgehead atoms. The van der Waals surface area contributed by atoms with Gasteiger partial charge in [0.2, 0.25) is 0 Å². The van der Waals surface area contributed by atoms with E-state index in [2.05, 4.69) is 32.9 Å². The molecule has 2 atom stereocenters. The van der Waals surface area contributed by atoms with Crippen LogP contribution in [0.2, 0.25) is 0 Å². The third kappa shape index (κ3) is 1.49. The molecule has 2 nitrogen and oxygen atoms in total. The molecule has 0 aromatic heterocycles. The van der Waals surface area contributed by atoms with E-state index in [9.17, 15) is 4.79 Å². The number of rotatable bonds is 0. The summed E-state index contributed by atoms with van der Waals surface area (Å²) in [6, 6.07) is 4.21. The first-order valence-electron chi connectivity index (χ1n) is 5.49. The van der Waals surface area contributed by atoms with Crippen molar-refractivity contribution in [2.75, 3.05) is 7.05 Å². The summed E-state index contributed by atoms with van der Waals surface area (Å²) in [5, 5.41) is 0. The predicted molar refractivity (Wildman–Crippen MR) is 60.5 cm³/mol. The highest BCUT2D eigenvalue weighted by molar-refractivity contribution is 5.74. The van der Waals surface area contributed by atoms with Crippen LogP contribution in [0.3, 0.4) is 0 Å². The Bertz CT molecular complexity index is 423. The van der Waals surface area contributed by atoms with Crippen molar-refractivity contribution in [3.8, 4) is 0 Å². The predicted octanol–water partition coefficient (Wildman–Crippen LogP) is 1.48. The lowest BCUT2D eigenvalue weighted by molar-refractivity contribution is -0.727. The molecule has 2 heteroatoms. The molecule has 1 aliphatic rings. The van der Waals surface area contributed by atoms with E-state index >= 15 is 0 Å². The molecule has 0 saturated carbocycles. The van der Waals surface area contributed by atoms with Gasteiger partial charge in [-0.05, 0) is 30.9 Å². The molecule has 2 unspecified atom stereocenters. The number of benzene rings is 1. The standard InChI is InChI=1S/C13H17NO/c1-8-5-6-11-13(10(8)3)9(2)7-12(15)14(11)4/h5-6,9H,7H2,1-4H3/p+1. The van der Waals surface area contributed by atoms with Crippen LogP contribution in [-0.2, 0) is 4.79 Å². The zero-order valence-electron chi connectivity index (χ0n) is 9.85. The number of hydrogen-bond acceptors (Lipinski definition) is 1. The molecule has 1 aromatic carbocycles. The number of amides is 1. The van der Waals surface area contributed by atoms with Crippen molar-refractivity contribution >= 4 is 11.6 Å². The lowest BCUT2D eigenvalue weighted by Crippen LogP contribution is -3.08. The monoisotopic (exact) mass is 204 g/mol. The first kappa shape index (κ1) is 10.4. The highest BCUT2D eigenvalue weighted by Crippen LogP contribution is 2.32. The summed E-state index contributed by atoms with van der Waals surface area (Å²) in [6.07, 6.45) is 0.670. The van der Waals surface area contributed by atoms with Gasteiger partial charge in [0, 0.05) is 11.6 Å². The molecule has 1 N–H and O–H groups in total. The zero-order chi connectivity index (χ0) is 11.2. The van der Waals surface area contributed by atoms with Crippen molar-refractivity contribution in [1.29, 1.82) is 0 Å². The van der Waals surface area contributed by atoms with Gasteiger partial charge >= 0.3 is 5.91 Å². The van der Waals surface area contributed by atoms with E-state index in [1.54, 1.807) is 0 Å². The summed E-state index contributed by atoms with van der Waals surface area (Å²) in [5.74, 6) is 0.675. The van der Waals surface area contributed by atoms with Gasteiger partial charge in [-0.15, -0.1) is 0 Å². The van der Waals surface area contributed by atoms with Gasteiger partial charge in [-0.1, -0.05) is 13.0 Å². The van der Waals surface area contributed by atoms with Gasteiger partial charge in [0.25, 0.3) is 0 Å². The van der Waals surface area contributed by atoms with Crippen molar-refractivity contribution in [2.45, 2.75) is 33.1 Å². The molecule has 1 amide bonds. The molecule has 80 valence electrons. The van der Waals surface area contributed by atoms with E-state index in [0.717, 1.165) is 4.90 Å². The lowest BCUT2D eigenvalue weighted by atomic mass is 9.86. The summed E-state index contributed by atoms with van der Waals surface area (Å²) >= 11 is 0. The minimum Gasteiger partial charge on any atom is -0.242 e. The largest absolute Gasteiger partial charge is 0.317 e. The van der Waals surface area contributed by atoms with E-state index < -0.39 is 0 Å². The summed E-state index contributed by atoms with van der Waals surface area (Å²) in [4.78, 5) is 12.7. The Morgan fingerprint density at radius 1 is 1.33 bits per heavy atom. The smallest absolute Gasteiger partial charge is 0.242 e. The minimum absolute atomic E-state index is 0.304. The molecule has 1 heterocycles. The van der Waals surface area contributed by atoms with Gasteiger partial charge in [-0.25, -0.2) is 9.69 Å². The summed E-state index contributed by atoms with van der Waals surface area (Å²) in [7, 11) is 1.95. The third-order valence-electron chi connectivity index (χ3n) is 3.59. The van der Waals surface area contributed by atoms with Crippen LogP contribution < -0.4 is 4.90 Å². The van der Waals surface area contributed by atoms with Gasteiger partial charge in [0.1, 0.15) is 5.69 Å². The number of nitrogens with one attached hydrogen (secondary N) is 1. The topological polar surface area (TPSA) is 21.5 Å². The number of aryl methyl sites for hydroxylation is 1. The highest BCUT2D eigenvalue weighted by atomic mass is 16.2. The normalized spacial score (nSPS) is 25.2. The fourth-order valence-electron chi connectivity index (χ4n) is 2.48. The van der Waals surface area contributed by atoms with Crippen molar-refractivity contribution in [1.82, 2.24) is 0 Å². The van der Waals surface area contributed by atoms with Crippen LogP contribution in [-0.4, -0.2) is 13.0 Å². The number of fused-ring (bicyclic) bond motifs is 1. The Morgan fingerprint density at radius 3 is 2.67 bits per heavy atom. The second kappa shape index (κ2) is 3.46. The van der Waals surface area contributed by atoms with Crippen LogP contribution in [0.25, 0.3) is 0 Å². The van der Waals surface area contributed by atoms with E-state index in [0.29, 0.717) is 18.2 Å². The van der Waals surface area contributed by atoms with E-state index in [4.69, 9.17) is 0 Å². The maximum atomic E-state index is 11.7. The van der Waals surface area contributed by atoms with Crippen LogP contribution in [0.5, 0.6) is 0 Å². The number of quaternary nitrogens is 1. The van der Waals surface area contributed by atoms with Crippen molar-refractivity contribution in [3.63, 3.8) is 0 Å². The minimum atomic E-state index is 0.304. The van der Waals surface area contributed by atoms with Crippen LogP contribution in [0, 0.1) is 13.8 Å². The summed E-state index contributed by atoms with van der Waals surface area (Å²) in [6.45, 7) is 6.44.